The first-order chi connectivity index (χ1) is 9.02. The summed E-state index contributed by atoms with van der Waals surface area (Å²) in [7, 11) is 3.17. The van der Waals surface area contributed by atoms with Crippen molar-refractivity contribution in [3.05, 3.63) is 17.7 Å². The Hall–Kier alpha value is -1.91. The first kappa shape index (κ1) is 13.5. The van der Waals surface area contributed by atoms with Crippen LogP contribution in [0.4, 0.5) is 5.69 Å². The Bertz CT molecular complexity index is 494. The van der Waals surface area contributed by atoms with E-state index < -0.39 is 11.4 Å². The van der Waals surface area contributed by atoms with Gasteiger partial charge >= 0.3 is 5.97 Å². The lowest BCUT2D eigenvalue weighted by molar-refractivity contribution is -0.142. The highest BCUT2D eigenvalue weighted by atomic mass is 16.5. The highest BCUT2D eigenvalue weighted by Crippen LogP contribution is 2.46. The molecule has 0 unspecified atom stereocenters. The second-order valence-corrected chi connectivity index (χ2v) is 4.96. The van der Waals surface area contributed by atoms with Crippen molar-refractivity contribution in [2.45, 2.75) is 19.8 Å². The zero-order valence-electron chi connectivity index (χ0n) is 11.4. The van der Waals surface area contributed by atoms with Crippen molar-refractivity contribution in [1.29, 1.82) is 0 Å². The highest BCUT2D eigenvalue weighted by molar-refractivity contribution is 5.78. The molecule has 1 fully saturated rings. The number of carboxylic acids is 1. The molecule has 0 aliphatic heterocycles. The SMILES string of the molecule is COc1cc(C)c(NCC2(C(=O)O)CC2)cc1OC. The number of aryl methyl sites for hydroxylation is 1. The van der Waals surface area contributed by atoms with Gasteiger partial charge in [-0.05, 0) is 31.4 Å². The molecule has 1 aromatic carbocycles. The van der Waals surface area contributed by atoms with Crippen LogP contribution >= 0.6 is 0 Å². The first-order valence-corrected chi connectivity index (χ1v) is 6.22. The minimum Gasteiger partial charge on any atom is -0.493 e. The third kappa shape index (κ3) is 2.59. The number of ether oxygens (including phenoxy) is 2. The molecule has 0 aromatic heterocycles. The van der Waals surface area contributed by atoms with Gasteiger partial charge in [-0.3, -0.25) is 4.79 Å². The molecule has 2 N–H and O–H groups in total. The summed E-state index contributed by atoms with van der Waals surface area (Å²) in [5.74, 6) is 0.582. The number of aliphatic carboxylic acids is 1. The summed E-state index contributed by atoms with van der Waals surface area (Å²) >= 11 is 0. The normalized spacial score (nSPS) is 15.7. The van der Waals surface area contributed by atoms with Crippen molar-refractivity contribution in [2.24, 2.45) is 5.41 Å². The lowest BCUT2D eigenvalue weighted by atomic mass is 10.1. The third-order valence-electron chi connectivity index (χ3n) is 3.66. The molecule has 2 rings (SSSR count). The van der Waals surface area contributed by atoms with Crippen LogP contribution in [0.5, 0.6) is 11.5 Å². The Morgan fingerprint density at radius 3 is 2.37 bits per heavy atom. The molecule has 5 heteroatoms. The van der Waals surface area contributed by atoms with E-state index in [2.05, 4.69) is 5.32 Å². The van der Waals surface area contributed by atoms with Gasteiger partial charge in [0.1, 0.15) is 0 Å². The summed E-state index contributed by atoms with van der Waals surface area (Å²) in [6.45, 7) is 2.39. The molecule has 1 aromatic rings. The number of anilines is 1. The molecule has 0 amide bonds. The molecule has 0 bridgehead atoms. The standard InChI is InChI=1S/C14H19NO4/c1-9-6-11(18-2)12(19-3)7-10(9)15-8-14(4-5-14)13(16)17/h6-7,15H,4-5,8H2,1-3H3,(H,16,17). The second-order valence-electron chi connectivity index (χ2n) is 4.96. The van der Waals surface area contributed by atoms with Crippen molar-refractivity contribution in [2.75, 3.05) is 26.1 Å². The fourth-order valence-electron chi connectivity index (χ4n) is 2.05. The smallest absolute Gasteiger partial charge is 0.311 e. The van der Waals surface area contributed by atoms with Crippen LogP contribution in [0.1, 0.15) is 18.4 Å². The highest BCUT2D eigenvalue weighted by Gasteiger charge is 2.50. The Balaban J connectivity index is 2.14. The molecule has 1 saturated carbocycles. The van der Waals surface area contributed by atoms with Gasteiger partial charge in [0.05, 0.1) is 19.6 Å². The van der Waals surface area contributed by atoms with Crippen LogP contribution in [0.3, 0.4) is 0 Å². The number of hydrogen-bond donors (Lipinski definition) is 2. The van der Waals surface area contributed by atoms with Gasteiger partial charge < -0.3 is 19.9 Å². The fraction of sp³-hybridized carbons (Fsp3) is 0.500. The molecule has 0 spiro atoms. The Kier molecular flexibility index (Phi) is 3.55. The van der Waals surface area contributed by atoms with E-state index in [1.807, 2.05) is 19.1 Å². The van der Waals surface area contributed by atoms with Crippen molar-refractivity contribution in [3.8, 4) is 11.5 Å². The van der Waals surface area contributed by atoms with Gasteiger partial charge in [0, 0.05) is 18.3 Å². The maximum Gasteiger partial charge on any atom is 0.311 e. The van der Waals surface area contributed by atoms with E-state index in [9.17, 15) is 4.79 Å². The summed E-state index contributed by atoms with van der Waals surface area (Å²) in [5, 5.41) is 12.4. The van der Waals surface area contributed by atoms with Crippen LogP contribution < -0.4 is 14.8 Å². The van der Waals surface area contributed by atoms with Gasteiger partial charge in [-0.1, -0.05) is 0 Å². The van der Waals surface area contributed by atoms with Crippen molar-refractivity contribution in [1.82, 2.24) is 0 Å². The van der Waals surface area contributed by atoms with Crippen molar-refractivity contribution in [3.63, 3.8) is 0 Å². The molecule has 0 radical (unpaired) electrons. The van der Waals surface area contributed by atoms with E-state index in [1.54, 1.807) is 14.2 Å². The molecular formula is C14H19NO4. The van der Waals surface area contributed by atoms with E-state index >= 15 is 0 Å². The molecular weight excluding hydrogens is 246 g/mol. The van der Waals surface area contributed by atoms with Gasteiger partial charge in [0.15, 0.2) is 11.5 Å². The quantitative estimate of drug-likeness (QED) is 0.826. The van der Waals surface area contributed by atoms with Crippen LogP contribution in [0, 0.1) is 12.3 Å². The van der Waals surface area contributed by atoms with Gasteiger partial charge in [-0.15, -0.1) is 0 Å². The van der Waals surface area contributed by atoms with Gasteiger partial charge in [0.2, 0.25) is 0 Å². The molecule has 104 valence electrons. The molecule has 1 aliphatic rings. The average Bonchev–Trinajstić information content (AvgIpc) is 3.18. The minimum absolute atomic E-state index is 0.443. The monoisotopic (exact) mass is 265 g/mol. The second kappa shape index (κ2) is 4.99. The number of nitrogens with one attached hydrogen (secondary N) is 1. The largest absolute Gasteiger partial charge is 0.493 e. The molecule has 0 heterocycles. The van der Waals surface area contributed by atoms with Crippen LogP contribution in [0.25, 0.3) is 0 Å². The Labute approximate surface area is 112 Å². The van der Waals surface area contributed by atoms with E-state index in [0.717, 1.165) is 24.1 Å². The summed E-state index contributed by atoms with van der Waals surface area (Å²) in [5.41, 5.74) is 1.29. The number of hydrogen-bond acceptors (Lipinski definition) is 4. The lowest BCUT2D eigenvalue weighted by Gasteiger charge is -2.16. The van der Waals surface area contributed by atoms with Gasteiger partial charge in [0.25, 0.3) is 0 Å². The number of carbonyl (C=O) groups is 1. The number of methoxy groups -OCH3 is 2. The van der Waals surface area contributed by atoms with Crippen LogP contribution in [0.15, 0.2) is 12.1 Å². The molecule has 0 saturated heterocycles. The summed E-state index contributed by atoms with van der Waals surface area (Å²) in [4.78, 5) is 11.1. The number of benzene rings is 1. The predicted molar refractivity (Wildman–Crippen MR) is 72.1 cm³/mol. The van der Waals surface area contributed by atoms with E-state index in [4.69, 9.17) is 14.6 Å². The Morgan fingerprint density at radius 2 is 1.89 bits per heavy atom. The van der Waals surface area contributed by atoms with Crippen LogP contribution in [-0.2, 0) is 4.79 Å². The molecule has 0 atom stereocenters. The minimum atomic E-state index is -0.724. The predicted octanol–water partition coefficient (Wildman–Crippen LogP) is 2.29. The van der Waals surface area contributed by atoms with Gasteiger partial charge in [-0.2, -0.15) is 0 Å². The summed E-state index contributed by atoms with van der Waals surface area (Å²) in [6.07, 6.45) is 1.48. The number of carboxylic acid groups (broad SMARTS) is 1. The third-order valence-corrected chi connectivity index (χ3v) is 3.66. The first-order valence-electron chi connectivity index (χ1n) is 6.22. The zero-order valence-corrected chi connectivity index (χ0v) is 11.4. The molecule has 5 nitrogen and oxygen atoms in total. The maximum absolute atomic E-state index is 11.1. The fourth-order valence-corrected chi connectivity index (χ4v) is 2.05. The topological polar surface area (TPSA) is 67.8 Å². The van der Waals surface area contributed by atoms with E-state index in [1.165, 1.54) is 0 Å². The summed E-state index contributed by atoms with van der Waals surface area (Å²) in [6, 6.07) is 3.72. The molecule has 19 heavy (non-hydrogen) atoms. The van der Waals surface area contributed by atoms with E-state index in [-0.39, 0.29) is 0 Å². The van der Waals surface area contributed by atoms with Crippen LogP contribution in [-0.4, -0.2) is 31.8 Å². The zero-order chi connectivity index (χ0) is 14.0. The van der Waals surface area contributed by atoms with Crippen molar-refractivity contribution < 1.29 is 19.4 Å². The van der Waals surface area contributed by atoms with Gasteiger partial charge in [-0.25, -0.2) is 0 Å². The Morgan fingerprint density at radius 1 is 1.32 bits per heavy atom. The lowest BCUT2D eigenvalue weighted by Crippen LogP contribution is -2.24. The van der Waals surface area contributed by atoms with Crippen molar-refractivity contribution >= 4 is 11.7 Å². The average molecular weight is 265 g/mol. The molecule has 1 aliphatic carbocycles. The van der Waals surface area contributed by atoms with E-state index in [0.29, 0.717) is 18.0 Å². The van der Waals surface area contributed by atoms with Crippen LogP contribution in [0.2, 0.25) is 0 Å². The maximum atomic E-state index is 11.1. The number of rotatable bonds is 6. The summed E-state index contributed by atoms with van der Waals surface area (Å²) < 4.78 is 10.5.